The van der Waals surface area contributed by atoms with Gasteiger partial charge in [-0.2, -0.15) is 0 Å². The number of fused-ring (bicyclic) bond motifs is 1. The smallest absolute Gasteiger partial charge is 0.119 e. The highest BCUT2D eigenvalue weighted by molar-refractivity contribution is 5.84. The summed E-state index contributed by atoms with van der Waals surface area (Å²) in [6.07, 6.45) is 0. The quantitative estimate of drug-likeness (QED) is 0.802. The highest BCUT2D eigenvalue weighted by atomic mass is 16.5. The van der Waals surface area contributed by atoms with Crippen LogP contribution in [0, 0.1) is 0 Å². The first-order chi connectivity index (χ1) is 7.33. The minimum Gasteiger partial charge on any atom is -0.497 e. The summed E-state index contributed by atoms with van der Waals surface area (Å²) in [7, 11) is 3.78. The third-order valence-electron chi connectivity index (χ3n) is 2.55. The SMILES string of the molecule is C[NH2+]Cc1ccc2cc(OC)ccc2c1. The zero-order valence-corrected chi connectivity index (χ0v) is 9.16. The Hall–Kier alpha value is -1.54. The molecule has 0 saturated carbocycles. The molecule has 0 aliphatic heterocycles. The van der Waals surface area contributed by atoms with E-state index in [1.807, 2.05) is 6.07 Å². The first-order valence-electron chi connectivity index (χ1n) is 5.18. The van der Waals surface area contributed by atoms with Crippen molar-refractivity contribution in [3.8, 4) is 5.75 Å². The summed E-state index contributed by atoms with van der Waals surface area (Å²) < 4.78 is 5.19. The molecule has 15 heavy (non-hydrogen) atoms. The van der Waals surface area contributed by atoms with Gasteiger partial charge in [0.15, 0.2) is 0 Å². The maximum absolute atomic E-state index is 5.19. The predicted octanol–water partition coefficient (Wildman–Crippen LogP) is 1.54. The summed E-state index contributed by atoms with van der Waals surface area (Å²) in [4.78, 5) is 0. The molecular formula is C13H16NO+. The summed E-state index contributed by atoms with van der Waals surface area (Å²) in [5, 5.41) is 4.68. The van der Waals surface area contributed by atoms with Crippen LogP contribution in [0.5, 0.6) is 5.75 Å². The highest BCUT2D eigenvalue weighted by Gasteiger charge is 1.98. The van der Waals surface area contributed by atoms with Gasteiger partial charge in [0.2, 0.25) is 0 Å². The van der Waals surface area contributed by atoms with Crippen LogP contribution in [0.3, 0.4) is 0 Å². The second-order valence-electron chi connectivity index (χ2n) is 3.66. The van der Waals surface area contributed by atoms with Gasteiger partial charge in [0, 0.05) is 5.56 Å². The molecule has 0 bridgehead atoms. The van der Waals surface area contributed by atoms with Crippen LogP contribution >= 0.6 is 0 Å². The van der Waals surface area contributed by atoms with Gasteiger partial charge in [0.1, 0.15) is 12.3 Å². The third-order valence-corrected chi connectivity index (χ3v) is 2.55. The van der Waals surface area contributed by atoms with E-state index >= 15 is 0 Å². The fraction of sp³-hybridized carbons (Fsp3) is 0.231. The number of ether oxygens (including phenoxy) is 1. The van der Waals surface area contributed by atoms with Crippen LogP contribution in [0.2, 0.25) is 0 Å². The van der Waals surface area contributed by atoms with Crippen LogP contribution in [0.15, 0.2) is 36.4 Å². The van der Waals surface area contributed by atoms with Crippen LogP contribution < -0.4 is 10.1 Å². The summed E-state index contributed by atoms with van der Waals surface area (Å²) in [5.41, 5.74) is 1.36. The molecule has 0 saturated heterocycles. The number of benzene rings is 2. The van der Waals surface area contributed by atoms with E-state index in [1.165, 1.54) is 16.3 Å². The van der Waals surface area contributed by atoms with Gasteiger partial charge in [-0.1, -0.05) is 18.2 Å². The van der Waals surface area contributed by atoms with E-state index in [1.54, 1.807) is 7.11 Å². The van der Waals surface area contributed by atoms with E-state index in [0.717, 1.165) is 12.3 Å². The molecule has 2 aromatic carbocycles. The fourth-order valence-corrected chi connectivity index (χ4v) is 1.76. The second-order valence-corrected chi connectivity index (χ2v) is 3.66. The Morgan fingerprint density at radius 1 is 1.07 bits per heavy atom. The molecule has 2 rings (SSSR count). The molecule has 0 fully saturated rings. The third kappa shape index (κ3) is 2.10. The molecule has 2 heteroatoms. The van der Waals surface area contributed by atoms with Crippen molar-refractivity contribution >= 4 is 10.8 Å². The van der Waals surface area contributed by atoms with Gasteiger partial charge in [-0.25, -0.2) is 0 Å². The summed E-state index contributed by atoms with van der Waals surface area (Å²) in [5.74, 6) is 0.914. The van der Waals surface area contributed by atoms with E-state index < -0.39 is 0 Å². The molecule has 0 atom stereocenters. The molecular weight excluding hydrogens is 186 g/mol. The van der Waals surface area contributed by atoms with Crippen molar-refractivity contribution in [3.05, 3.63) is 42.0 Å². The van der Waals surface area contributed by atoms with Gasteiger partial charge in [0.25, 0.3) is 0 Å². The van der Waals surface area contributed by atoms with Crippen LogP contribution in [-0.4, -0.2) is 14.2 Å². The van der Waals surface area contributed by atoms with Gasteiger partial charge >= 0.3 is 0 Å². The monoisotopic (exact) mass is 202 g/mol. The topological polar surface area (TPSA) is 25.8 Å². The van der Waals surface area contributed by atoms with Crippen molar-refractivity contribution in [3.63, 3.8) is 0 Å². The Morgan fingerprint density at radius 3 is 2.53 bits per heavy atom. The standard InChI is InChI=1S/C13H15NO/c1-14-9-10-3-4-12-8-13(15-2)6-5-11(12)7-10/h3-8,14H,9H2,1-2H3/p+1. The maximum Gasteiger partial charge on any atom is 0.119 e. The summed E-state index contributed by atoms with van der Waals surface area (Å²) in [6.45, 7) is 1.03. The number of methoxy groups -OCH3 is 1. The Bertz CT molecular complexity index is 465. The first kappa shape index (κ1) is 9.99. The van der Waals surface area contributed by atoms with Crippen molar-refractivity contribution in [1.82, 2.24) is 0 Å². The van der Waals surface area contributed by atoms with Crippen molar-refractivity contribution < 1.29 is 10.1 Å². The van der Waals surface area contributed by atoms with Gasteiger partial charge in [0.05, 0.1) is 14.2 Å². The number of rotatable bonds is 3. The molecule has 2 N–H and O–H groups in total. The Kier molecular flexibility index (Phi) is 2.88. The lowest BCUT2D eigenvalue weighted by atomic mass is 10.1. The minimum absolute atomic E-state index is 0.914. The Morgan fingerprint density at radius 2 is 1.80 bits per heavy atom. The zero-order valence-electron chi connectivity index (χ0n) is 9.16. The van der Waals surface area contributed by atoms with Crippen LogP contribution in [0.4, 0.5) is 0 Å². The zero-order chi connectivity index (χ0) is 10.7. The number of hydrogen-bond donors (Lipinski definition) is 1. The Labute approximate surface area is 89.9 Å². The first-order valence-corrected chi connectivity index (χ1v) is 5.18. The molecule has 2 nitrogen and oxygen atoms in total. The lowest BCUT2D eigenvalue weighted by Crippen LogP contribution is -2.77. The lowest BCUT2D eigenvalue weighted by Gasteiger charge is -2.04. The normalized spacial score (nSPS) is 10.5. The van der Waals surface area contributed by atoms with Crippen molar-refractivity contribution in [2.75, 3.05) is 14.2 Å². The summed E-state index contributed by atoms with van der Waals surface area (Å²) in [6, 6.07) is 12.7. The largest absolute Gasteiger partial charge is 0.497 e. The van der Waals surface area contributed by atoms with E-state index in [0.29, 0.717) is 0 Å². The van der Waals surface area contributed by atoms with Crippen LogP contribution in [-0.2, 0) is 6.54 Å². The minimum atomic E-state index is 0.914. The number of quaternary nitrogens is 1. The number of nitrogens with two attached hydrogens (primary N) is 1. The molecule has 0 spiro atoms. The van der Waals surface area contributed by atoms with Gasteiger partial charge in [-0.15, -0.1) is 0 Å². The number of hydrogen-bond acceptors (Lipinski definition) is 1. The molecule has 78 valence electrons. The molecule has 0 aromatic heterocycles. The molecule has 0 amide bonds. The fourth-order valence-electron chi connectivity index (χ4n) is 1.76. The van der Waals surface area contributed by atoms with Crippen LogP contribution in [0.1, 0.15) is 5.56 Å². The molecule has 0 heterocycles. The molecule has 2 aromatic rings. The van der Waals surface area contributed by atoms with Crippen molar-refractivity contribution in [1.29, 1.82) is 0 Å². The average molecular weight is 202 g/mol. The molecule has 0 unspecified atom stereocenters. The predicted molar refractivity (Wildman–Crippen MR) is 62.1 cm³/mol. The molecule has 0 radical (unpaired) electrons. The van der Waals surface area contributed by atoms with Gasteiger partial charge in [-0.3, -0.25) is 0 Å². The van der Waals surface area contributed by atoms with E-state index in [9.17, 15) is 0 Å². The van der Waals surface area contributed by atoms with Crippen molar-refractivity contribution in [2.24, 2.45) is 0 Å². The lowest BCUT2D eigenvalue weighted by molar-refractivity contribution is -0.643. The van der Waals surface area contributed by atoms with Crippen molar-refractivity contribution in [2.45, 2.75) is 6.54 Å². The van der Waals surface area contributed by atoms with Gasteiger partial charge in [-0.05, 0) is 29.0 Å². The molecule has 0 aliphatic carbocycles. The maximum atomic E-state index is 5.19. The molecule has 0 aliphatic rings. The van der Waals surface area contributed by atoms with E-state index in [2.05, 4.69) is 42.7 Å². The average Bonchev–Trinajstić information content (AvgIpc) is 2.29. The van der Waals surface area contributed by atoms with E-state index in [4.69, 9.17) is 4.74 Å². The Balaban J connectivity index is 2.45. The van der Waals surface area contributed by atoms with E-state index in [-0.39, 0.29) is 0 Å². The second kappa shape index (κ2) is 4.32. The van der Waals surface area contributed by atoms with Crippen LogP contribution in [0.25, 0.3) is 10.8 Å². The highest BCUT2D eigenvalue weighted by Crippen LogP contribution is 2.21. The van der Waals surface area contributed by atoms with Gasteiger partial charge < -0.3 is 10.1 Å². The summed E-state index contributed by atoms with van der Waals surface area (Å²) >= 11 is 0.